The molecule has 2 aromatic carbocycles. The Labute approximate surface area is 128 Å². The highest BCUT2D eigenvalue weighted by Crippen LogP contribution is 2.20. The van der Waals surface area contributed by atoms with Gasteiger partial charge in [-0.05, 0) is 29.8 Å². The quantitative estimate of drug-likeness (QED) is 0.703. The first-order valence-corrected chi connectivity index (χ1v) is 7.20. The zero-order valence-corrected chi connectivity index (χ0v) is 12.3. The van der Waals surface area contributed by atoms with E-state index in [2.05, 4.69) is 27.5 Å². The number of fused-ring (bicyclic) bond motifs is 1. The number of hydrogen-bond donors (Lipinski definition) is 1. The molecule has 3 nitrogen and oxygen atoms in total. The van der Waals surface area contributed by atoms with Crippen molar-refractivity contribution in [1.29, 1.82) is 0 Å². The molecule has 0 saturated heterocycles. The van der Waals surface area contributed by atoms with Crippen LogP contribution in [0.4, 0.5) is 5.95 Å². The van der Waals surface area contributed by atoms with Crippen LogP contribution in [0.2, 0.25) is 5.02 Å². The number of aromatic nitrogens is 2. The van der Waals surface area contributed by atoms with Gasteiger partial charge < -0.3 is 9.88 Å². The average molecular weight is 298 g/mol. The van der Waals surface area contributed by atoms with Gasteiger partial charge >= 0.3 is 0 Å². The Kier molecular flexibility index (Phi) is 3.93. The lowest BCUT2D eigenvalue weighted by atomic mass is 10.2. The van der Waals surface area contributed by atoms with Crippen LogP contribution in [0.3, 0.4) is 0 Å². The van der Waals surface area contributed by atoms with Crippen LogP contribution < -0.4 is 5.32 Å². The van der Waals surface area contributed by atoms with Gasteiger partial charge in [-0.15, -0.1) is 6.58 Å². The molecule has 3 rings (SSSR count). The number of nitrogens with zero attached hydrogens (tertiary/aromatic N) is 2. The third-order valence-corrected chi connectivity index (χ3v) is 3.58. The van der Waals surface area contributed by atoms with E-state index in [0.717, 1.165) is 34.1 Å². The number of para-hydroxylation sites is 2. The van der Waals surface area contributed by atoms with Crippen LogP contribution in [0.15, 0.2) is 61.2 Å². The summed E-state index contributed by atoms with van der Waals surface area (Å²) < 4.78 is 2.12. The Morgan fingerprint density at radius 1 is 1.14 bits per heavy atom. The number of hydrogen-bond acceptors (Lipinski definition) is 2. The molecule has 0 aliphatic carbocycles. The van der Waals surface area contributed by atoms with Gasteiger partial charge in [-0.3, -0.25) is 0 Å². The number of benzene rings is 2. The van der Waals surface area contributed by atoms with Crippen LogP contribution in [0.1, 0.15) is 5.56 Å². The normalized spacial score (nSPS) is 10.7. The van der Waals surface area contributed by atoms with E-state index in [1.54, 1.807) is 0 Å². The Morgan fingerprint density at radius 2 is 1.90 bits per heavy atom. The van der Waals surface area contributed by atoms with Crippen molar-refractivity contribution in [2.45, 2.75) is 13.1 Å². The van der Waals surface area contributed by atoms with Gasteiger partial charge in [0, 0.05) is 18.1 Å². The minimum Gasteiger partial charge on any atom is -0.352 e. The topological polar surface area (TPSA) is 29.9 Å². The molecular formula is C17H16ClN3. The van der Waals surface area contributed by atoms with E-state index in [1.807, 2.05) is 48.5 Å². The van der Waals surface area contributed by atoms with Crippen molar-refractivity contribution < 1.29 is 0 Å². The zero-order chi connectivity index (χ0) is 14.7. The summed E-state index contributed by atoms with van der Waals surface area (Å²) in [5.74, 6) is 0.853. The summed E-state index contributed by atoms with van der Waals surface area (Å²) in [6, 6.07) is 15.9. The van der Waals surface area contributed by atoms with Gasteiger partial charge in [0.1, 0.15) is 0 Å². The predicted octanol–water partition coefficient (Wildman–Crippen LogP) is 4.49. The minimum atomic E-state index is 0.706. The fourth-order valence-corrected chi connectivity index (χ4v) is 2.43. The summed E-state index contributed by atoms with van der Waals surface area (Å²) in [6.45, 7) is 5.25. The lowest BCUT2D eigenvalue weighted by Crippen LogP contribution is -2.07. The molecule has 1 aromatic heterocycles. The fraction of sp³-hybridized carbons (Fsp3) is 0.118. The average Bonchev–Trinajstić information content (AvgIpc) is 2.85. The first-order valence-electron chi connectivity index (χ1n) is 6.82. The molecule has 0 saturated carbocycles. The summed E-state index contributed by atoms with van der Waals surface area (Å²) in [5.41, 5.74) is 3.26. The molecule has 1 N–H and O–H groups in total. The van der Waals surface area contributed by atoms with Crippen molar-refractivity contribution in [3.05, 3.63) is 71.8 Å². The number of imidazole rings is 1. The molecule has 0 spiro atoms. The summed E-state index contributed by atoms with van der Waals surface area (Å²) in [7, 11) is 0. The van der Waals surface area contributed by atoms with Gasteiger partial charge in [-0.25, -0.2) is 4.98 Å². The first-order chi connectivity index (χ1) is 10.3. The number of rotatable bonds is 5. The standard InChI is InChI=1S/C17H16ClN3/c1-2-11-21-16-6-4-3-5-15(16)20-17(21)19-12-13-7-9-14(18)10-8-13/h2-10H,1,11-12H2,(H,19,20). The van der Waals surface area contributed by atoms with Crippen LogP contribution in [0, 0.1) is 0 Å². The monoisotopic (exact) mass is 297 g/mol. The summed E-state index contributed by atoms with van der Waals surface area (Å²) in [6.07, 6.45) is 1.88. The lowest BCUT2D eigenvalue weighted by molar-refractivity contribution is 0.846. The number of anilines is 1. The maximum absolute atomic E-state index is 5.90. The fourth-order valence-electron chi connectivity index (χ4n) is 2.31. The maximum Gasteiger partial charge on any atom is 0.204 e. The molecule has 4 heteroatoms. The molecule has 0 aliphatic rings. The van der Waals surface area contributed by atoms with E-state index < -0.39 is 0 Å². The molecule has 0 fully saturated rings. The van der Waals surface area contributed by atoms with Crippen molar-refractivity contribution in [2.24, 2.45) is 0 Å². The molecule has 0 unspecified atom stereocenters. The third-order valence-electron chi connectivity index (χ3n) is 3.33. The second kappa shape index (κ2) is 6.02. The maximum atomic E-state index is 5.90. The van der Waals surface area contributed by atoms with Gasteiger partial charge in [-0.1, -0.05) is 41.9 Å². The second-order valence-electron chi connectivity index (χ2n) is 4.80. The van der Waals surface area contributed by atoms with Crippen LogP contribution >= 0.6 is 11.6 Å². The summed E-state index contributed by atoms with van der Waals surface area (Å²) in [5, 5.41) is 4.13. The molecule has 0 amide bonds. The molecule has 0 radical (unpaired) electrons. The van der Waals surface area contributed by atoms with Crippen molar-refractivity contribution in [1.82, 2.24) is 9.55 Å². The Hall–Kier alpha value is -2.26. The molecule has 3 aromatic rings. The van der Waals surface area contributed by atoms with E-state index in [4.69, 9.17) is 11.6 Å². The zero-order valence-electron chi connectivity index (χ0n) is 11.6. The van der Waals surface area contributed by atoms with E-state index in [0.29, 0.717) is 6.54 Å². The van der Waals surface area contributed by atoms with E-state index in [-0.39, 0.29) is 0 Å². The highest BCUT2D eigenvalue weighted by molar-refractivity contribution is 6.30. The minimum absolute atomic E-state index is 0.706. The van der Waals surface area contributed by atoms with Crippen LogP contribution in [-0.4, -0.2) is 9.55 Å². The molecule has 0 bridgehead atoms. The smallest absolute Gasteiger partial charge is 0.204 e. The molecule has 0 atom stereocenters. The molecule has 106 valence electrons. The van der Waals surface area contributed by atoms with Crippen molar-refractivity contribution in [2.75, 3.05) is 5.32 Å². The van der Waals surface area contributed by atoms with Crippen molar-refractivity contribution in [3.63, 3.8) is 0 Å². The Balaban J connectivity index is 1.87. The molecule has 0 aliphatic heterocycles. The number of allylic oxidation sites excluding steroid dienone is 1. The number of halogens is 1. The SMILES string of the molecule is C=CCn1c(NCc2ccc(Cl)cc2)nc2ccccc21. The first kappa shape index (κ1) is 13.7. The van der Waals surface area contributed by atoms with Crippen molar-refractivity contribution in [3.8, 4) is 0 Å². The Morgan fingerprint density at radius 3 is 2.67 bits per heavy atom. The van der Waals surface area contributed by atoms with Crippen LogP contribution in [-0.2, 0) is 13.1 Å². The lowest BCUT2D eigenvalue weighted by Gasteiger charge is -2.09. The van der Waals surface area contributed by atoms with Gasteiger partial charge in [0.25, 0.3) is 0 Å². The van der Waals surface area contributed by atoms with Crippen LogP contribution in [0.5, 0.6) is 0 Å². The largest absolute Gasteiger partial charge is 0.352 e. The summed E-state index contributed by atoms with van der Waals surface area (Å²) in [4.78, 5) is 4.64. The molecule has 1 heterocycles. The van der Waals surface area contributed by atoms with Gasteiger partial charge in [0.2, 0.25) is 5.95 Å². The highest BCUT2D eigenvalue weighted by atomic mass is 35.5. The van der Waals surface area contributed by atoms with Gasteiger partial charge in [-0.2, -0.15) is 0 Å². The predicted molar refractivity (Wildman–Crippen MR) is 88.7 cm³/mol. The Bertz CT molecular complexity index is 759. The molecular weight excluding hydrogens is 282 g/mol. The van der Waals surface area contributed by atoms with Gasteiger partial charge in [0.15, 0.2) is 0 Å². The van der Waals surface area contributed by atoms with E-state index in [9.17, 15) is 0 Å². The van der Waals surface area contributed by atoms with Crippen molar-refractivity contribution >= 4 is 28.6 Å². The van der Waals surface area contributed by atoms with Crippen LogP contribution in [0.25, 0.3) is 11.0 Å². The van der Waals surface area contributed by atoms with E-state index >= 15 is 0 Å². The highest BCUT2D eigenvalue weighted by Gasteiger charge is 2.08. The third kappa shape index (κ3) is 2.93. The van der Waals surface area contributed by atoms with Gasteiger partial charge in [0.05, 0.1) is 11.0 Å². The molecule has 21 heavy (non-hydrogen) atoms. The number of nitrogens with one attached hydrogen (secondary N) is 1. The second-order valence-corrected chi connectivity index (χ2v) is 5.24. The van der Waals surface area contributed by atoms with E-state index in [1.165, 1.54) is 0 Å². The summed E-state index contributed by atoms with van der Waals surface area (Å²) >= 11 is 5.90.